The zero-order valence-corrected chi connectivity index (χ0v) is 12.6. The topological polar surface area (TPSA) is 0 Å². The Hall–Kier alpha value is -0.533. The third-order valence-electron chi connectivity index (χ3n) is 3.76. The average molecular weight is 277 g/mol. The Morgan fingerprint density at radius 3 is 2.11 bits per heavy atom. The lowest BCUT2D eigenvalue weighted by Crippen LogP contribution is -1.94. The number of hydrogen-bond acceptors (Lipinski definition) is 0. The third-order valence-corrected chi connectivity index (χ3v) is 5.00. The molecule has 2 aliphatic rings. The summed E-state index contributed by atoms with van der Waals surface area (Å²) in [5, 5.41) is 1.31. The van der Waals surface area contributed by atoms with Crippen LogP contribution in [0.3, 0.4) is 0 Å². The van der Waals surface area contributed by atoms with Crippen molar-refractivity contribution < 1.29 is 0 Å². The smallest absolute Gasteiger partial charge is 0.165 e. The Kier molecular flexibility index (Phi) is 6.02. The molecule has 0 heterocycles. The van der Waals surface area contributed by atoms with Gasteiger partial charge < -0.3 is 0 Å². The van der Waals surface area contributed by atoms with Gasteiger partial charge in [-0.1, -0.05) is 42.5 Å². The Bertz CT molecular complexity index is 349. The highest BCUT2D eigenvalue weighted by Crippen LogP contribution is 2.23. The maximum atomic E-state index is 6.03. The van der Waals surface area contributed by atoms with Crippen LogP contribution >= 0.6 is 11.1 Å². The molecular weight excluding hydrogens is 256 g/mol. The molecule has 0 aliphatic heterocycles. The summed E-state index contributed by atoms with van der Waals surface area (Å²) in [6.45, 7) is 0. The van der Waals surface area contributed by atoms with Crippen molar-refractivity contribution in [3.8, 4) is 0 Å². The quantitative estimate of drug-likeness (QED) is 0.277. The molecule has 2 aliphatic carbocycles. The lowest BCUT2D eigenvalue weighted by molar-refractivity contribution is 0.578. The van der Waals surface area contributed by atoms with Gasteiger partial charge >= 0.3 is 0 Å². The van der Waals surface area contributed by atoms with Gasteiger partial charge in [0.25, 0.3) is 0 Å². The summed E-state index contributed by atoms with van der Waals surface area (Å²) in [4.78, 5) is 0. The molecule has 0 N–H and O–H groups in total. The summed E-state index contributed by atoms with van der Waals surface area (Å²) in [6, 6.07) is 0. The van der Waals surface area contributed by atoms with Crippen molar-refractivity contribution in [2.45, 2.75) is 38.5 Å². The first-order chi connectivity index (χ1) is 8.88. The molecule has 0 saturated heterocycles. The summed E-state index contributed by atoms with van der Waals surface area (Å²) in [7, 11) is 0.403. The monoisotopic (exact) mass is 276 g/mol. The first-order valence-electron chi connectivity index (χ1n) is 6.92. The number of allylic oxidation sites excluding steroid dienone is 8. The molecule has 0 atom stereocenters. The van der Waals surface area contributed by atoms with Crippen LogP contribution < -0.4 is 0 Å². The fourth-order valence-corrected chi connectivity index (χ4v) is 3.35. The van der Waals surface area contributed by atoms with E-state index in [4.69, 9.17) is 11.1 Å². The van der Waals surface area contributed by atoms with Gasteiger partial charge in [0, 0.05) is 0 Å². The minimum atomic E-state index is 0.403. The maximum absolute atomic E-state index is 6.03. The molecule has 2 rings (SSSR count). The van der Waals surface area contributed by atoms with Gasteiger partial charge in [0.15, 0.2) is 0 Å². The molecule has 0 nitrogen and oxygen atoms in total. The minimum absolute atomic E-state index is 0.403. The van der Waals surface area contributed by atoms with E-state index in [2.05, 4.69) is 42.5 Å². The van der Waals surface area contributed by atoms with E-state index in [1.54, 1.807) is 0 Å². The minimum Gasteiger partial charge on any atom is -0.165 e. The van der Waals surface area contributed by atoms with Crippen molar-refractivity contribution in [1.29, 1.82) is 0 Å². The van der Waals surface area contributed by atoms with E-state index in [9.17, 15) is 0 Å². The highest BCUT2D eigenvalue weighted by molar-refractivity contribution is 6.98. The molecule has 0 aromatic carbocycles. The van der Waals surface area contributed by atoms with Crippen LogP contribution in [0.15, 0.2) is 47.7 Å². The SMILES string of the molecule is Cl[Si]C(C=CCC1CC=CC1)=CCC1CC=CC1. The number of hydrogen-bond donors (Lipinski definition) is 0. The number of halogens is 1. The molecule has 2 radical (unpaired) electrons. The molecule has 0 amide bonds. The fourth-order valence-electron chi connectivity index (χ4n) is 2.55. The van der Waals surface area contributed by atoms with E-state index in [0.29, 0.717) is 8.83 Å². The van der Waals surface area contributed by atoms with Gasteiger partial charge in [0.05, 0.1) is 0 Å². The summed E-state index contributed by atoms with van der Waals surface area (Å²) < 4.78 is 0. The number of rotatable bonds is 6. The summed E-state index contributed by atoms with van der Waals surface area (Å²) in [6.07, 6.45) is 23.4. The van der Waals surface area contributed by atoms with E-state index in [0.717, 1.165) is 11.8 Å². The van der Waals surface area contributed by atoms with Crippen LogP contribution in [0, 0.1) is 11.8 Å². The van der Waals surface area contributed by atoms with E-state index < -0.39 is 0 Å². The summed E-state index contributed by atoms with van der Waals surface area (Å²) in [5.41, 5.74) is 0. The van der Waals surface area contributed by atoms with E-state index in [1.807, 2.05) is 0 Å². The van der Waals surface area contributed by atoms with Crippen LogP contribution in [-0.2, 0) is 0 Å². The highest BCUT2D eigenvalue weighted by atomic mass is 35.6. The summed E-state index contributed by atoms with van der Waals surface area (Å²) in [5.74, 6) is 1.65. The Morgan fingerprint density at radius 1 is 1.00 bits per heavy atom. The highest BCUT2D eigenvalue weighted by Gasteiger charge is 2.09. The van der Waals surface area contributed by atoms with Crippen molar-refractivity contribution in [2.75, 3.05) is 0 Å². The largest absolute Gasteiger partial charge is 0.210 e. The lowest BCUT2D eigenvalue weighted by Gasteiger charge is -2.06. The lowest BCUT2D eigenvalue weighted by atomic mass is 10.0. The van der Waals surface area contributed by atoms with Crippen LogP contribution in [0.2, 0.25) is 0 Å². The summed E-state index contributed by atoms with van der Waals surface area (Å²) >= 11 is 6.03. The van der Waals surface area contributed by atoms with Crippen molar-refractivity contribution >= 4 is 19.9 Å². The Balaban J connectivity index is 1.72. The predicted octanol–water partition coefficient (Wildman–Crippen LogP) is 5.00. The molecule has 18 heavy (non-hydrogen) atoms. The Labute approximate surface area is 118 Å². The molecule has 0 unspecified atom stereocenters. The fraction of sp³-hybridized carbons (Fsp3) is 0.500. The molecule has 0 spiro atoms. The van der Waals surface area contributed by atoms with Crippen LogP contribution in [0.25, 0.3) is 0 Å². The zero-order valence-electron chi connectivity index (χ0n) is 10.8. The van der Waals surface area contributed by atoms with Crippen LogP contribution in [0.1, 0.15) is 38.5 Å². The first-order valence-corrected chi connectivity index (χ1v) is 8.93. The Morgan fingerprint density at radius 2 is 1.56 bits per heavy atom. The van der Waals surface area contributed by atoms with E-state index in [-0.39, 0.29) is 0 Å². The molecule has 0 saturated carbocycles. The standard InChI is InChI=1S/C16H21ClSi/c17-18-16(13-12-15-8-3-4-9-15)11-5-10-14-6-1-2-7-14/h1-5,11,13-15H,6-10,12H2. The molecule has 2 heteroatoms. The van der Waals surface area contributed by atoms with Crippen molar-refractivity contribution in [2.24, 2.45) is 11.8 Å². The molecule has 0 bridgehead atoms. The second-order valence-electron chi connectivity index (χ2n) is 5.25. The van der Waals surface area contributed by atoms with Gasteiger partial charge in [-0.2, -0.15) is 11.1 Å². The van der Waals surface area contributed by atoms with Gasteiger partial charge in [-0.25, -0.2) is 0 Å². The van der Waals surface area contributed by atoms with Crippen LogP contribution in [-0.4, -0.2) is 8.83 Å². The normalized spacial score (nSPS) is 21.7. The van der Waals surface area contributed by atoms with Gasteiger partial charge in [-0.05, 0) is 55.6 Å². The van der Waals surface area contributed by atoms with Gasteiger partial charge in [-0.15, -0.1) is 0 Å². The zero-order chi connectivity index (χ0) is 12.6. The van der Waals surface area contributed by atoms with E-state index in [1.165, 1.54) is 43.7 Å². The van der Waals surface area contributed by atoms with Gasteiger partial charge in [-0.3, -0.25) is 0 Å². The van der Waals surface area contributed by atoms with Gasteiger partial charge in [0.1, 0.15) is 0 Å². The van der Waals surface area contributed by atoms with Crippen molar-refractivity contribution in [1.82, 2.24) is 0 Å². The van der Waals surface area contributed by atoms with Gasteiger partial charge in [0.2, 0.25) is 8.83 Å². The average Bonchev–Trinajstić information content (AvgIpc) is 3.06. The predicted molar refractivity (Wildman–Crippen MR) is 81.8 cm³/mol. The van der Waals surface area contributed by atoms with Crippen molar-refractivity contribution in [3.63, 3.8) is 0 Å². The second kappa shape index (κ2) is 7.80. The molecule has 0 aromatic rings. The molecule has 96 valence electrons. The maximum Gasteiger partial charge on any atom is 0.210 e. The van der Waals surface area contributed by atoms with E-state index >= 15 is 0 Å². The van der Waals surface area contributed by atoms with Crippen LogP contribution in [0.5, 0.6) is 0 Å². The molecular formula is C16H21ClSi. The third kappa shape index (κ3) is 4.62. The van der Waals surface area contributed by atoms with Crippen LogP contribution in [0.4, 0.5) is 0 Å². The van der Waals surface area contributed by atoms with Crippen molar-refractivity contribution in [3.05, 3.63) is 47.7 Å². The molecule has 0 fully saturated rings. The first kappa shape index (κ1) is 13.9. The molecule has 0 aromatic heterocycles. The second-order valence-corrected chi connectivity index (χ2v) is 6.58.